The molecule has 0 fully saturated rings. The molecule has 2 aromatic rings. The number of hydrogen-bond acceptors (Lipinski definition) is 3. The van der Waals surface area contributed by atoms with Crippen molar-refractivity contribution in [1.29, 1.82) is 0 Å². The van der Waals surface area contributed by atoms with E-state index in [4.69, 9.17) is 0 Å². The fraction of sp³-hybridized carbons (Fsp3) is 0.0714. The lowest BCUT2D eigenvalue weighted by molar-refractivity contribution is 0.0956. The first-order valence-corrected chi connectivity index (χ1v) is 5.76. The summed E-state index contributed by atoms with van der Waals surface area (Å²) in [6.07, 6.45) is 2.82. The molecule has 0 aliphatic heterocycles. The number of amides is 1. The average molecular weight is 255 g/mol. The van der Waals surface area contributed by atoms with Gasteiger partial charge in [-0.05, 0) is 0 Å². The number of carbonyl (C=O) groups is 1. The summed E-state index contributed by atoms with van der Waals surface area (Å²) in [5, 5.41) is 2.53. The first kappa shape index (κ1) is 12.8. The van der Waals surface area contributed by atoms with Crippen LogP contribution in [0.1, 0.15) is 10.4 Å². The van der Waals surface area contributed by atoms with Gasteiger partial charge in [0.25, 0.3) is 11.5 Å². The maximum atomic E-state index is 11.8. The molecule has 0 spiro atoms. The highest BCUT2D eigenvalue weighted by atomic mass is 16.2. The molecule has 2 N–H and O–H groups in total. The van der Waals surface area contributed by atoms with Crippen LogP contribution in [0.25, 0.3) is 11.4 Å². The van der Waals surface area contributed by atoms with Crippen molar-refractivity contribution in [2.75, 3.05) is 6.54 Å². The third-order valence-electron chi connectivity index (χ3n) is 2.50. The molecule has 96 valence electrons. The van der Waals surface area contributed by atoms with Gasteiger partial charge in [0.05, 0.1) is 0 Å². The number of aromatic amines is 1. The van der Waals surface area contributed by atoms with E-state index in [1.54, 1.807) is 0 Å². The van der Waals surface area contributed by atoms with Crippen LogP contribution in [0.2, 0.25) is 0 Å². The molecule has 1 aromatic carbocycles. The molecule has 1 amide bonds. The average Bonchev–Trinajstić information content (AvgIpc) is 2.45. The second-order valence-corrected chi connectivity index (χ2v) is 3.84. The zero-order valence-electron chi connectivity index (χ0n) is 10.2. The number of nitrogens with one attached hydrogen (secondary N) is 2. The van der Waals surface area contributed by atoms with Crippen molar-refractivity contribution in [2.45, 2.75) is 0 Å². The van der Waals surface area contributed by atoms with Crippen LogP contribution in [0.5, 0.6) is 0 Å². The Kier molecular flexibility index (Phi) is 3.87. The summed E-state index contributed by atoms with van der Waals surface area (Å²) < 4.78 is 0. The Morgan fingerprint density at radius 2 is 2.11 bits per heavy atom. The lowest BCUT2D eigenvalue weighted by Crippen LogP contribution is -2.30. The van der Waals surface area contributed by atoms with Crippen LogP contribution in [0.15, 0.2) is 54.0 Å². The summed E-state index contributed by atoms with van der Waals surface area (Å²) in [7, 11) is 0. The lowest BCUT2D eigenvalue weighted by atomic mass is 10.2. The van der Waals surface area contributed by atoms with Gasteiger partial charge in [0.1, 0.15) is 11.4 Å². The van der Waals surface area contributed by atoms with E-state index >= 15 is 0 Å². The molecule has 2 rings (SSSR count). The molecule has 0 atom stereocenters. The van der Waals surface area contributed by atoms with Crippen LogP contribution in [0.3, 0.4) is 0 Å². The lowest BCUT2D eigenvalue weighted by Gasteiger charge is -2.03. The van der Waals surface area contributed by atoms with E-state index in [9.17, 15) is 9.59 Å². The fourth-order valence-electron chi connectivity index (χ4n) is 1.56. The van der Waals surface area contributed by atoms with Crippen molar-refractivity contribution >= 4 is 5.91 Å². The molecule has 19 heavy (non-hydrogen) atoms. The van der Waals surface area contributed by atoms with Crippen LogP contribution in [0, 0.1) is 0 Å². The first-order valence-electron chi connectivity index (χ1n) is 5.76. The smallest absolute Gasteiger partial charge is 0.264 e. The van der Waals surface area contributed by atoms with Gasteiger partial charge in [-0.25, -0.2) is 4.98 Å². The van der Waals surface area contributed by atoms with E-state index in [0.29, 0.717) is 12.4 Å². The molecule has 0 aliphatic rings. The largest absolute Gasteiger partial charge is 0.348 e. The monoisotopic (exact) mass is 255 g/mol. The quantitative estimate of drug-likeness (QED) is 0.810. The Hall–Kier alpha value is -2.69. The van der Waals surface area contributed by atoms with Crippen molar-refractivity contribution in [3.05, 3.63) is 65.1 Å². The maximum Gasteiger partial charge on any atom is 0.264 e. The molecule has 1 aromatic heterocycles. The standard InChI is InChI=1S/C14H13N3O2/c1-2-8-15-13(18)11-9-16-12(17-14(11)19)10-6-4-3-5-7-10/h2-7,9H,1,8H2,(H,15,18)(H,16,17,19). The zero-order chi connectivity index (χ0) is 13.7. The minimum absolute atomic E-state index is 0.0125. The van der Waals surface area contributed by atoms with E-state index in [-0.39, 0.29) is 5.56 Å². The number of carbonyl (C=O) groups excluding carboxylic acids is 1. The van der Waals surface area contributed by atoms with Gasteiger partial charge in [0.2, 0.25) is 0 Å². The molecule has 5 heteroatoms. The van der Waals surface area contributed by atoms with Crippen LogP contribution in [-0.2, 0) is 0 Å². The van der Waals surface area contributed by atoms with E-state index in [2.05, 4.69) is 21.9 Å². The Morgan fingerprint density at radius 1 is 1.37 bits per heavy atom. The second-order valence-electron chi connectivity index (χ2n) is 3.84. The van der Waals surface area contributed by atoms with E-state index in [0.717, 1.165) is 5.56 Å². The highest BCUT2D eigenvalue weighted by molar-refractivity contribution is 5.93. The van der Waals surface area contributed by atoms with Gasteiger partial charge in [-0.1, -0.05) is 36.4 Å². The highest BCUT2D eigenvalue weighted by Gasteiger charge is 2.11. The first-order chi connectivity index (χ1) is 9.22. The molecule has 0 saturated carbocycles. The van der Waals surface area contributed by atoms with Crippen molar-refractivity contribution in [3.8, 4) is 11.4 Å². The maximum absolute atomic E-state index is 11.8. The molecule has 5 nitrogen and oxygen atoms in total. The second kappa shape index (κ2) is 5.77. The van der Waals surface area contributed by atoms with Crippen molar-refractivity contribution < 1.29 is 4.79 Å². The molecule has 0 bridgehead atoms. The number of aromatic nitrogens is 2. The van der Waals surface area contributed by atoms with Gasteiger partial charge < -0.3 is 10.3 Å². The van der Waals surface area contributed by atoms with E-state index < -0.39 is 11.5 Å². The number of benzene rings is 1. The van der Waals surface area contributed by atoms with Crippen LogP contribution >= 0.6 is 0 Å². The third-order valence-corrected chi connectivity index (χ3v) is 2.50. The minimum atomic E-state index is -0.465. The van der Waals surface area contributed by atoms with E-state index in [1.165, 1.54) is 12.3 Å². The number of rotatable bonds is 4. The Bertz CT molecular complexity index is 647. The summed E-state index contributed by atoms with van der Waals surface area (Å²) in [6.45, 7) is 3.79. The Morgan fingerprint density at radius 3 is 2.74 bits per heavy atom. The summed E-state index contributed by atoms with van der Waals surface area (Å²) in [6, 6.07) is 9.23. The van der Waals surface area contributed by atoms with Crippen molar-refractivity contribution in [2.24, 2.45) is 0 Å². The third kappa shape index (κ3) is 2.95. The van der Waals surface area contributed by atoms with Crippen molar-refractivity contribution in [3.63, 3.8) is 0 Å². The van der Waals surface area contributed by atoms with E-state index in [1.807, 2.05) is 30.3 Å². The molecule has 0 radical (unpaired) electrons. The van der Waals surface area contributed by atoms with Gasteiger partial charge in [-0.3, -0.25) is 9.59 Å². The highest BCUT2D eigenvalue weighted by Crippen LogP contribution is 2.11. The Labute approximate surface area is 110 Å². The SMILES string of the molecule is C=CCNC(=O)c1cnc(-c2ccccc2)[nH]c1=O. The molecular formula is C14H13N3O2. The molecule has 0 aliphatic carbocycles. The van der Waals surface area contributed by atoms with Gasteiger partial charge >= 0.3 is 0 Å². The fourth-order valence-corrected chi connectivity index (χ4v) is 1.56. The summed E-state index contributed by atoms with van der Waals surface area (Å²) in [4.78, 5) is 30.2. The predicted molar refractivity (Wildman–Crippen MR) is 72.8 cm³/mol. The topological polar surface area (TPSA) is 74.8 Å². The zero-order valence-corrected chi connectivity index (χ0v) is 10.2. The summed E-state index contributed by atoms with van der Waals surface area (Å²) in [5.41, 5.74) is 0.314. The summed E-state index contributed by atoms with van der Waals surface area (Å²) in [5.74, 6) is -0.0286. The predicted octanol–water partition coefficient (Wildman–Crippen LogP) is 1.35. The van der Waals surface area contributed by atoms with Crippen molar-refractivity contribution in [1.82, 2.24) is 15.3 Å². The molecule has 0 saturated heterocycles. The van der Waals surface area contributed by atoms with Gasteiger partial charge in [-0.15, -0.1) is 6.58 Å². The number of hydrogen-bond donors (Lipinski definition) is 2. The van der Waals surface area contributed by atoms with Gasteiger partial charge in [-0.2, -0.15) is 0 Å². The minimum Gasteiger partial charge on any atom is -0.348 e. The van der Waals surface area contributed by atoms with Crippen LogP contribution in [-0.4, -0.2) is 22.4 Å². The molecule has 0 unspecified atom stereocenters. The van der Waals surface area contributed by atoms with Crippen LogP contribution < -0.4 is 10.9 Å². The number of nitrogens with zero attached hydrogens (tertiary/aromatic N) is 1. The van der Waals surface area contributed by atoms with Gasteiger partial charge in [0.15, 0.2) is 0 Å². The van der Waals surface area contributed by atoms with Gasteiger partial charge in [0, 0.05) is 18.3 Å². The Balaban J connectivity index is 2.30. The summed E-state index contributed by atoms with van der Waals surface area (Å²) >= 11 is 0. The number of H-pyrrole nitrogens is 1. The molecule has 1 heterocycles. The molecular weight excluding hydrogens is 242 g/mol. The normalized spacial score (nSPS) is 9.89. The van der Waals surface area contributed by atoms with Crippen LogP contribution in [0.4, 0.5) is 0 Å².